The molecule has 1 atom stereocenters. The minimum absolute atomic E-state index is 0.0168. The summed E-state index contributed by atoms with van der Waals surface area (Å²) >= 11 is 0. The zero-order valence-electron chi connectivity index (χ0n) is 11.5. The first-order valence-corrected chi connectivity index (χ1v) is 6.60. The van der Waals surface area contributed by atoms with Crippen LogP contribution in [0.15, 0.2) is 30.3 Å². The van der Waals surface area contributed by atoms with E-state index < -0.39 is 6.10 Å². The standard InChI is InChI=1S/C15H21NO3/c1-3-16(4-2)15(19)11-13(17)10-14(18)12-8-6-5-7-9-12/h5-9,14,18H,3-4,10-11H2,1-2H3. The largest absolute Gasteiger partial charge is 0.388 e. The topological polar surface area (TPSA) is 57.6 Å². The number of nitrogens with zero attached hydrogens (tertiary/aromatic N) is 1. The van der Waals surface area contributed by atoms with Crippen LogP contribution in [0.3, 0.4) is 0 Å². The van der Waals surface area contributed by atoms with E-state index in [1.807, 2.05) is 32.0 Å². The fraction of sp³-hybridized carbons (Fsp3) is 0.467. The van der Waals surface area contributed by atoms with Gasteiger partial charge in [-0.3, -0.25) is 9.59 Å². The number of hydrogen-bond donors (Lipinski definition) is 1. The van der Waals surface area contributed by atoms with Crippen molar-refractivity contribution in [1.82, 2.24) is 4.90 Å². The Morgan fingerprint density at radius 1 is 1.16 bits per heavy atom. The van der Waals surface area contributed by atoms with Gasteiger partial charge >= 0.3 is 0 Å². The van der Waals surface area contributed by atoms with Crippen molar-refractivity contribution in [2.45, 2.75) is 32.8 Å². The van der Waals surface area contributed by atoms with Crippen molar-refractivity contribution in [1.29, 1.82) is 0 Å². The van der Waals surface area contributed by atoms with Crippen molar-refractivity contribution in [3.8, 4) is 0 Å². The maximum absolute atomic E-state index is 11.8. The van der Waals surface area contributed by atoms with Crippen molar-refractivity contribution in [3.63, 3.8) is 0 Å². The van der Waals surface area contributed by atoms with Gasteiger partial charge in [0.15, 0.2) is 0 Å². The molecule has 0 aliphatic heterocycles. The molecule has 19 heavy (non-hydrogen) atoms. The number of carbonyl (C=O) groups is 2. The smallest absolute Gasteiger partial charge is 0.229 e. The Morgan fingerprint density at radius 2 is 1.74 bits per heavy atom. The van der Waals surface area contributed by atoms with E-state index in [9.17, 15) is 14.7 Å². The Labute approximate surface area is 114 Å². The number of benzene rings is 1. The van der Waals surface area contributed by atoms with Gasteiger partial charge in [-0.1, -0.05) is 30.3 Å². The van der Waals surface area contributed by atoms with Crippen LogP contribution in [-0.2, 0) is 9.59 Å². The maximum atomic E-state index is 11.8. The van der Waals surface area contributed by atoms with Crippen LogP contribution < -0.4 is 0 Å². The molecule has 1 rings (SSSR count). The van der Waals surface area contributed by atoms with E-state index in [4.69, 9.17) is 0 Å². The molecular weight excluding hydrogens is 242 g/mol. The van der Waals surface area contributed by atoms with E-state index in [-0.39, 0.29) is 24.5 Å². The van der Waals surface area contributed by atoms with Gasteiger partial charge in [0.1, 0.15) is 5.78 Å². The second kappa shape index (κ2) is 7.69. The number of carbonyl (C=O) groups excluding carboxylic acids is 2. The third kappa shape index (κ3) is 4.83. The van der Waals surface area contributed by atoms with Gasteiger partial charge in [0.25, 0.3) is 0 Å². The number of rotatable bonds is 7. The highest BCUT2D eigenvalue weighted by Crippen LogP contribution is 2.17. The van der Waals surface area contributed by atoms with Crippen LogP contribution in [0.4, 0.5) is 0 Å². The summed E-state index contributed by atoms with van der Waals surface area (Å²) in [5, 5.41) is 9.91. The van der Waals surface area contributed by atoms with Crippen LogP contribution in [0.2, 0.25) is 0 Å². The molecule has 1 unspecified atom stereocenters. The molecule has 0 aliphatic rings. The summed E-state index contributed by atoms with van der Waals surface area (Å²) in [4.78, 5) is 25.1. The summed E-state index contributed by atoms with van der Waals surface area (Å²) in [5.41, 5.74) is 0.700. The van der Waals surface area contributed by atoms with Gasteiger partial charge in [0.2, 0.25) is 5.91 Å². The molecule has 0 bridgehead atoms. The lowest BCUT2D eigenvalue weighted by atomic mass is 10.0. The molecule has 4 heteroatoms. The van der Waals surface area contributed by atoms with Gasteiger partial charge in [-0.15, -0.1) is 0 Å². The highest BCUT2D eigenvalue weighted by molar-refractivity contribution is 5.98. The zero-order chi connectivity index (χ0) is 14.3. The summed E-state index contributed by atoms with van der Waals surface area (Å²) in [6.45, 7) is 4.96. The van der Waals surface area contributed by atoms with E-state index in [0.717, 1.165) is 0 Å². The van der Waals surface area contributed by atoms with E-state index >= 15 is 0 Å². The summed E-state index contributed by atoms with van der Waals surface area (Å²) in [7, 11) is 0. The molecule has 1 N–H and O–H groups in total. The average Bonchev–Trinajstić information content (AvgIpc) is 2.40. The molecule has 0 saturated carbocycles. The molecule has 4 nitrogen and oxygen atoms in total. The molecule has 0 heterocycles. The Morgan fingerprint density at radius 3 is 2.26 bits per heavy atom. The van der Waals surface area contributed by atoms with Gasteiger partial charge in [-0.2, -0.15) is 0 Å². The van der Waals surface area contributed by atoms with E-state index in [2.05, 4.69) is 0 Å². The van der Waals surface area contributed by atoms with Crippen molar-refractivity contribution in [3.05, 3.63) is 35.9 Å². The number of ketones is 1. The van der Waals surface area contributed by atoms with Gasteiger partial charge in [0, 0.05) is 19.5 Å². The number of hydrogen-bond acceptors (Lipinski definition) is 3. The van der Waals surface area contributed by atoms with E-state index in [1.165, 1.54) is 0 Å². The monoisotopic (exact) mass is 263 g/mol. The first kappa shape index (κ1) is 15.4. The summed E-state index contributed by atoms with van der Waals surface area (Å²) in [6.07, 6.45) is -0.985. The van der Waals surface area contributed by atoms with Gasteiger partial charge in [0.05, 0.1) is 12.5 Å². The van der Waals surface area contributed by atoms with Crippen LogP contribution in [0, 0.1) is 0 Å². The highest BCUT2D eigenvalue weighted by atomic mass is 16.3. The van der Waals surface area contributed by atoms with Crippen LogP contribution in [0.5, 0.6) is 0 Å². The third-order valence-electron chi connectivity index (χ3n) is 3.07. The predicted octanol–water partition coefficient (Wildman–Crippen LogP) is 1.94. The lowest BCUT2D eigenvalue weighted by Crippen LogP contribution is -2.32. The zero-order valence-corrected chi connectivity index (χ0v) is 11.5. The average molecular weight is 263 g/mol. The molecule has 1 amide bonds. The first-order chi connectivity index (χ1) is 9.08. The summed E-state index contributed by atoms with van der Waals surface area (Å²) in [6, 6.07) is 9.00. The number of Topliss-reactive ketones (excluding diaryl/α,β-unsaturated/α-hetero) is 1. The Hall–Kier alpha value is -1.68. The van der Waals surface area contributed by atoms with Crippen molar-refractivity contribution < 1.29 is 14.7 Å². The highest BCUT2D eigenvalue weighted by Gasteiger charge is 2.18. The molecular formula is C15H21NO3. The second-order valence-corrected chi connectivity index (χ2v) is 4.41. The normalized spacial score (nSPS) is 11.9. The number of aliphatic hydroxyl groups is 1. The molecule has 1 aromatic rings. The molecule has 0 radical (unpaired) electrons. The minimum Gasteiger partial charge on any atom is -0.388 e. The molecule has 104 valence electrons. The molecule has 0 fully saturated rings. The lowest BCUT2D eigenvalue weighted by Gasteiger charge is -2.18. The van der Waals surface area contributed by atoms with Crippen LogP contribution in [0.25, 0.3) is 0 Å². The SMILES string of the molecule is CCN(CC)C(=O)CC(=O)CC(O)c1ccccc1. The lowest BCUT2D eigenvalue weighted by molar-refractivity contribution is -0.135. The quantitative estimate of drug-likeness (QED) is 0.765. The van der Waals surface area contributed by atoms with Crippen molar-refractivity contribution in [2.24, 2.45) is 0 Å². The minimum atomic E-state index is -0.835. The Bertz CT molecular complexity index is 413. The molecule has 0 spiro atoms. The molecule has 0 aliphatic carbocycles. The fourth-order valence-electron chi connectivity index (χ4n) is 1.94. The predicted molar refractivity (Wildman–Crippen MR) is 73.6 cm³/mol. The van der Waals surface area contributed by atoms with Crippen LogP contribution in [0.1, 0.15) is 38.4 Å². The molecule has 0 aromatic heterocycles. The number of aliphatic hydroxyl groups excluding tert-OH is 1. The fourth-order valence-corrected chi connectivity index (χ4v) is 1.94. The van der Waals surface area contributed by atoms with Gasteiger partial charge in [-0.25, -0.2) is 0 Å². The molecule has 0 saturated heterocycles. The molecule has 1 aromatic carbocycles. The summed E-state index contributed by atoms with van der Waals surface area (Å²) in [5.74, 6) is -0.400. The van der Waals surface area contributed by atoms with Crippen molar-refractivity contribution >= 4 is 11.7 Å². The van der Waals surface area contributed by atoms with Crippen molar-refractivity contribution in [2.75, 3.05) is 13.1 Å². The van der Waals surface area contributed by atoms with Crippen LogP contribution >= 0.6 is 0 Å². The van der Waals surface area contributed by atoms with E-state index in [0.29, 0.717) is 18.7 Å². The summed E-state index contributed by atoms with van der Waals surface area (Å²) < 4.78 is 0. The van der Waals surface area contributed by atoms with E-state index in [1.54, 1.807) is 17.0 Å². The first-order valence-electron chi connectivity index (χ1n) is 6.60. The Kier molecular flexibility index (Phi) is 6.22. The third-order valence-corrected chi connectivity index (χ3v) is 3.07. The maximum Gasteiger partial charge on any atom is 0.229 e. The second-order valence-electron chi connectivity index (χ2n) is 4.41. The van der Waals surface area contributed by atoms with Gasteiger partial charge in [-0.05, 0) is 19.4 Å². The number of amides is 1. The Balaban J connectivity index is 2.49. The van der Waals surface area contributed by atoms with Gasteiger partial charge < -0.3 is 10.0 Å². The van der Waals surface area contributed by atoms with Crippen LogP contribution in [-0.4, -0.2) is 34.8 Å².